The van der Waals surface area contributed by atoms with Crippen LogP contribution < -0.4 is 10.1 Å². The van der Waals surface area contributed by atoms with Crippen LogP contribution in [-0.2, 0) is 6.42 Å². The van der Waals surface area contributed by atoms with Crippen molar-refractivity contribution in [1.29, 1.82) is 0 Å². The van der Waals surface area contributed by atoms with Gasteiger partial charge in [0.1, 0.15) is 5.82 Å². The maximum atomic E-state index is 11.3. The van der Waals surface area contributed by atoms with Crippen molar-refractivity contribution >= 4 is 11.5 Å². The van der Waals surface area contributed by atoms with E-state index in [1.54, 1.807) is 6.92 Å². The van der Waals surface area contributed by atoms with Gasteiger partial charge in [0.2, 0.25) is 5.82 Å². The number of rotatable bonds is 8. The Hall–Kier alpha value is -1.92. The molecule has 0 atom stereocenters. The molecule has 1 aromatic heterocycles. The molecule has 7 heteroatoms. The fraction of sp³-hybridized carbons (Fsp3) is 0.714. The molecule has 0 amide bonds. The minimum Gasteiger partial charge on any atom is -0.473 e. The molecule has 0 aliphatic heterocycles. The van der Waals surface area contributed by atoms with E-state index < -0.39 is 4.92 Å². The van der Waals surface area contributed by atoms with Crippen molar-refractivity contribution in [2.75, 3.05) is 18.5 Å². The quantitative estimate of drug-likeness (QED) is 0.585. The van der Waals surface area contributed by atoms with E-state index in [9.17, 15) is 10.1 Å². The largest absolute Gasteiger partial charge is 0.473 e. The maximum Gasteiger partial charge on any atom is 0.372 e. The fourth-order valence-corrected chi connectivity index (χ4v) is 1.76. The van der Waals surface area contributed by atoms with Gasteiger partial charge in [0.05, 0.1) is 11.5 Å². The molecule has 0 aliphatic carbocycles. The van der Waals surface area contributed by atoms with Crippen LogP contribution in [0.3, 0.4) is 0 Å². The number of nitrogens with one attached hydrogen (secondary N) is 1. The number of aromatic nitrogens is 2. The SMILES string of the molecule is CCOc1nc(CC(C)C)nc(NCC(C)C)c1[N+](=O)[O-]. The van der Waals surface area contributed by atoms with E-state index >= 15 is 0 Å². The molecular formula is C14H24N4O3. The zero-order valence-electron chi connectivity index (χ0n) is 13.3. The van der Waals surface area contributed by atoms with Crippen LogP contribution >= 0.6 is 0 Å². The second-order valence-electron chi connectivity index (χ2n) is 5.71. The molecule has 118 valence electrons. The van der Waals surface area contributed by atoms with Crippen molar-refractivity contribution in [3.05, 3.63) is 15.9 Å². The molecule has 0 saturated heterocycles. The Bertz CT molecular complexity index is 489. The Morgan fingerprint density at radius 3 is 2.38 bits per heavy atom. The highest BCUT2D eigenvalue weighted by molar-refractivity contribution is 5.61. The average molecular weight is 296 g/mol. The van der Waals surface area contributed by atoms with Gasteiger partial charge in [0.15, 0.2) is 0 Å². The van der Waals surface area contributed by atoms with Gasteiger partial charge in [-0.3, -0.25) is 10.1 Å². The van der Waals surface area contributed by atoms with Crippen molar-refractivity contribution in [2.24, 2.45) is 11.8 Å². The molecule has 1 rings (SSSR count). The van der Waals surface area contributed by atoms with Crippen LogP contribution in [0, 0.1) is 22.0 Å². The van der Waals surface area contributed by atoms with Crippen LogP contribution in [0.25, 0.3) is 0 Å². The van der Waals surface area contributed by atoms with Crippen molar-refractivity contribution in [3.63, 3.8) is 0 Å². The lowest BCUT2D eigenvalue weighted by molar-refractivity contribution is -0.385. The second kappa shape index (κ2) is 7.75. The topological polar surface area (TPSA) is 90.2 Å². The molecule has 0 radical (unpaired) electrons. The van der Waals surface area contributed by atoms with E-state index in [1.165, 1.54) is 0 Å². The van der Waals surface area contributed by atoms with Gasteiger partial charge in [0.25, 0.3) is 5.88 Å². The summed E-state index contributed by atoms with van der Waals surface area (Å²) in [5.41, 5.74) is -0.190. The summed E-state index contributed by atoms with van der Waals surface area (Å²) in [4.78, 5) is 19.3. The van der Waals surface area contributed by atoms with Crippen LogP contribution in [0.5, 0.6) is 5.88 Å². The van der Waals surface area contributed by atoms with Gasteiger partial charge in [-0.1, -0.05) is 27.7 Å². The summed E-state index contributed by atoms with van der Waals surface area (Å²) in [6, 6.07) is 0. The van der Waals surface area contributed by atoms with Gasteiger partial charge < -0.3 is 10.1 Å². The Morgan fingerprint density at radius 1 is 1.24 bits per heavy atom. The first-order valence-electron chi connectivity index (χ1n) is 7.27. The third kappa shape index (κ3) is 5.17. The summed E-state index contributed by atoms with van der Waals surface area (Å²) in [6.07, 6.45) is 0.647. The lowest BCUT2D eigenvalue weighted by Crippen LogP contribution is -2.15. The highest BCUT2D eigenvalue weighted by atomic mass is 16.6. The summed E-state index contributed by atoms with van der Waals surface area (Å²) in [6.45, 7) is 10.8. The molecule has 1 aromatic rings. The molecule has 0 aromatic carbocycles. The molecule has 7 nitrogen and oxygen atoms in total. The van der Waals surface area contributed by atoms with Crippen molar-refractivity contribution < 1.29 is 9.66 Å². The maximum absolute atomic E-state index is 11.3. The van der Waals surface area contributed by atoms with Crippen LogP contribution in [-0.4, -0.2) is 28.0 Å². The van der Waals surface area contributed by atoms with Crippen molar-refractivity contribution in [3.8, 4) is 5.88 Å². The Labute approximate surface area is 125 Å². The minimum absolute atomic E-state index is 0.0411. The van der Waals surface area contributed by atoms with E-state index in [1.807, 2.05) is 27.7 Å². The van der Waals surface area contributed by atoms with Crippen LogP contribution in [0.1, 0.15) is 40.4 Å². The standard InChI is InChI=1S/C14H24N4O3/c1-6-21-14-12(18(19)20)13(15-8-10(4)5)16-11(17-14)7-9(2)3/h9-10H,6-8H2,1-5H3,(H,15,16,17). The van der Waals surface area contributed by atoms with Gasteiger partial charge in [-0.15, -0.1) is 0 Å². The van der Waals surface area contributed by atoms with Gasteiger partial charge in [0, 0.05) is 13.0 Å². The zero-order chi connectivity index (χ0) is 16.0. The Kier molecular flexibility index (Phi) is 6.33. The summed E-state index contributed by atoms with van der Waals surface area (Å²) >= 11 is 0. The molecule has 0 unspecified atom stereocenters. The number of nitrogens with zero attached hydrogens (tertiary/aromatic N) is 3. The molecule has 21 heavy (non-hydrogen) atoms. The smallest absolute Gasteiger partial charge is 0.372 e. The first kappa shape index (κ1) is 17.1. The lowest BCUT2D eigenvalue weighted by atomic mass is 10.1. The van der Waals surface area contributed by atoms with Gasteiger partial charge in [-0.2, -0.15) is 4.98 Å². The summed E-state index contributed by atoms with van der Waals surface area (Å²) in [5, 5.41) is 14.3. The first-order chi connectivity index (χ1) is 9.85. The van der Waals surface area contributed by atoms with Gasteiger partial charge >= 0.3 is 5.69 Å². The van der Waals surface area contributed by atoms with Gasteiger partial charge in [-0.25, -0.2) is 4.98 Å². The molecular weight excluding hydrogens is 272 g/mol. The lowest BCUT2D eigenvalue weighted by Gasteiger charge is -2.13. The monoisotopic (exact) mass is 296 g/mol. The summed E-state index contributed by atoms with van der Waals surface area (Å²) in [7, 11) is 0. The van der Waals surface area contributed by atoms with E-state index in [-0.39, 0.29) is 17.4 Å². The summed E-state index contributed by atoms with van der Waals surface area (Å²) in [5.74, 6) is 1.55. The Balaban J connectivity index is 3.25. The second-order valence-corrected chi connectivity index (χ2v) is 5.71. The third-order valence-electron chi connectivity index (χ3n) is 2.63. The van der Waals surface area contributed by atoms with E-state index in [0.717, 1.165) is 0 Å². The highest BCUT2D eigenvalue weighted by Gasteiger charge is 2.26. The number of nitro groups is 1. The molecule has 0 saturated carbocycles. The molecule has 1 heterocycles. The molecule has 0 bridgehead atoms. The fourth-order valence-electron chi connectivity index (χ4n) is 1.76. The predicted octanol–water partition coefficient (Wildman–Crippen LogP) is 3.05. The predicted molar refractivity (Wildman–Crippen MR) is 81.7 cm³/mol. The first-order valence-corrected chi connectivity index (χ1v) is 7.27. The van der Waals surface area contributed by atoms with Crippen molar-refractivity contribution in [1.82, 2.24) is 9.97 Å². The normalized spacial score (nSPS) is 11.0. The van der Waals surface area contributed by atoms with E-state index in [4.69, 9.17) is 4.74 Å². The van der Waals surface area contributed by atoms with Crippen LogP contribution in [0.2, 0.25) is 0 Å². The average Bonchev–Trinajstić information content (AvgIpc) is 2.35. The minimum atomic E-state index is -0.493. The summed E-state index contributed by atoms with van der Waals surface area (Å²) < 4.78 is 5.34. The number of ether oxygens (including phenoxy) is 1. The van der Waals surface area contributed by atoms with Crippen molar-refractivity contribution in [2.45, 2.75) is 41.0 Å². The molecule has 0 spiro atoms. The third-order valence-corrected chi connectivity index (χ3v) is 2.63. The van der Waals surface area contributed by atoms with Crippen LogP contribution in [0.4, 0.5) is 11.5 Å². The highest BCUT2D eigenvalue weighted by Crippen LogP contribution is 2.32. The molecule has 0 fully saturated rings. The van der Waals surface area contributed by atoms with Gasteiger partial charge in [-0.05, 0) is 18.8 Å². The number of anilines is 1. The Morgan fingerprint density at radius 2 is 1.90 bits per heavy atom. The van der Waals surface area contributed by atoms with Crippen LogP contribution in [0.15, 0.2) is 0 Å². The van der Waals surface area contributed by atoms with E-state index in [0.29, 0.717) is 37.2 Å². The number of hydrogen-bond donors (Lipinski definition) is 1. The number of hydrogen-bond acceptors (Lipinski definition) is 6. The zero-order valence-corrected chi connectivity index (χ0v) is 13.3. The molecule has 0 aliphatic rings. The molecule has 1 N–H and O–H groups in total. The van der Waals surface area contributed by atoms with E-state index in [2.05, 4.69) is 15.3 Å².